The van der Waals surface area contributed by atoms with Gasteiger partial charge in [-0.1, -0.05) is 6.92 Å². The Morgan fingerprint density at radius 2 is 1.80 bits per heavy atom. The summed E-state index contributed by atoms with van der Waals surface area (Å²) in [5, 5.41) is 61.8. The summed E-state index contributed by atoms with van der Waals surface area (Å²) < 4.78 is 17.8. The first-order valence-electron chi connectivity index (χ1n) is 16.4. The Bertz CT molecular complexity index is 1020. The van der Waals surface area contributed by atoms with Gasteiger partial charge >= 0.3 is 0 Å². The minimum atomic E-state index is -1.94. The first-order chi connectivity index (χ1) is 20.9. The van der Waals surface area contributed by atoms with Gasteiger partial charge in [0.1, 0.15) is 35.5 Å². The van der Waals surface area contributed by atoms with Gasteiger partial charge < -0.3 is 56.1 Å². The van der Waals surface area contributed by atoms with Gasteiger partial charge in [0.25, 0.3) is 0 Å². The predicted octanol–water partition coefficient (Wildman–Crippen LogP) is -1.73. The van der Waals surface area contributed by atoms with E-state index in [1.807, 2.05) is 6.92 Å². The van der Waals surface area contributed by atoms with Crippen molar-refractivity contribution in [3.63, 3.8) is 0 Å². The van der Waals surface area contributed by atoms with E-state index in [1.165, 1.54) is 7.11 Å². The third-order valence-electron chi connectivity index (χ3n) is 11.5. The molecule has 11 unspecified atom stereocenters. The molecule has 5 fully saturated rings. The molecule has 5 rings (SSSR count). The maximum atomic E-state index is 14.2. The molecule has 3 saturated carbocycles. The fourth-order valence-corrected chi connectivity index (χ4v) is 9.00. The van der Waals surface area contributed by atoms with Crippen molar-refractivity contribution in [3.8, 4) is 0 Å². The molecule has 2 heterocycles. The van der Waals surface area contributed by atoms with Gasteiger partial charge in [-0.15, -0.1) is 0 Å². The van der Waals surface area contributed by atoms with Crippen LogP contribution in [0.5, 0.6) is 0 Å². The summed E-state index contributed by atoms with van der Waals surface area (Å²) in [7, 11) is 3.32. The molecule has 16 atom stereocenters. The number of nitrogens with one attached hydrogen (secondary N) is 2. The number of rotatable bonds is 9. The van der Waals surface area contributed by atoms with Crippen LogP contribution in [0.15, 0.2) is 0 Å². The SMILES string of the molecule is CNCC1C(C)CC2C(=O)C3CC(OC)CC(O[C@H]4O[C@H](CO)[C@](O)(CCC5CCNC(N)C5)[C@H](O)[C@H]4O)C3C(=O)C2C1O. The monoisotopic (exact) mass is 627 g/mol. The number of carbonyl (C=O) groups is 2. The number of piperidine rings is 1. The fourth-order valence-electron chi connectivity index (χ4n) is 9.00. The zero-order chi connectivity index (χ0) is 31.9. The standard InChI is InChI=1S/C31H53N3O10/c1-14-8-17-24(26(37)19(14)12-33-2)27(38)23-18(25(17)36)10-16(42-3)11-20(23)43-30-28(39)29(40)31(41,21(13-35)44-30)6-4-15-5-7-34-22(32)9-15/h14-24,26,28-30,33-35,37,39-41H,4-13,32H2,1-3H3/t14?,15?,16?,17?,18?,19?,20?,21-,22?,23?,24?,26?,28-,29-,30+,31-/m1/s1. The highest BCUT2D eigenvalue weighted by atomic mass is 16.7. The van der Waals surface area contributed by atoms with Crippen LogP contribution in [0.1, 0.15) is 51.9 Å². The van der Waals surface area contributed by atoms with Crippen LogP contribution in [0.4, 0.5) is 0 Å². The van der Waals surface area contributed by atoms with E-state index in [1.54, 1.807) is 7.05 Å². The summed E-state index contributed by atoms with van der Waals surface area (Å²) in [6.45, 7) is 2.62. The lowest BCUT2D eigenvalue weighted by molar-refractivity contribution is -0.346. The highest BCUT2D eigenvalue weighted by Gasteiger charge is 2.61. The number of Topliss-reactive ketones (excluding diaryl/α,β-unsaturated/α-hetero) is 2. The van der Waals surface area contributed by atoms with E-state index < -0.39 is 78.8 Å². The number of methoxy groups -OCH3 is 1. The summed E-state index contributed by atoms with van der Waals surface area (Å²) >= 11 is 0. The third kappa shape index (κ3) is 6.27. The molecule has 2 aliphatic heterocycles. The highest BCUT2D eigenvalue weighted by Crippen LogP contribution is 2.50. The van der Waals surface area contributed by atoms with Crippen molar-refractivity contribution in [1.29, 1.82) is 0 Å². The van der Waals surface area contributed by atoms with Crippen molar-refractivity contribution < 1.29 is 49.3 Å². The maximum absolute atomic E-state index is 14.2. The third-order valence-corrected chi connectivity index (χ3v) is 11.5. The molecule has 5 aliphatic rings. The predicted molar refractivity (Wildman–Crippen MR) is 157 cm³/mol. The second-order valence-corrected chi connectivity index (χ2v) is 14.1. The van der Waals surface area contributed by atoms with E-state index in [0.717, 1.165) is 13.0 Å². The number of ketones is 2. The quantitative estimate of drug-likeness (QED) is 0.143. The van der Waals surface area contributed by atoms with Crippen molar-refractivity contribution in [1.82, 2.24) is 10.6 Å². The van der Waals surface area contributed by atoms with Crippen LogP contribution in [-0.4, -0.2) is 126 Å². The molecule has 0 spiro atoms. The van der Waals surface area contributed by atoms with Crippen molar-refractivity contribution in [3.05, 3.63) is 0 Å². The summed E-state index contributed by atoms with van der Waals surface area (Å²) in [5.41, 5.74) is 4.07. The van der Waals surface area contributed by atoms with Gasteiger partial charge in [-0.3, -0.25) is 9.59 Å². The Morgan fingerprint density at radius 3 is 2.45 bits per heavy atom. The van der Waals surface area contributed by atoms with Crippen LogP contribution in [0.3, 0.4) is 0 Å². The second-order valence-electron chi connectivity index (χ2n) is 14.1. The van der Waals surface area contributed by atoms with Crippen LogP contribution in [-0.2, 0) is 23.8 Å². The summed E-state index contributed by atoms with van der Waals surface area (Å²) in [5.74, 6) is -3.26. The van der Waals surface area contributed by atoms with E-state index in [2.05, 4.69) is 10.6 Å². The molecular weight excluding hydrogens is 574 g/mol. The zero-order valence-electron chi connectivity index (χ0n) is 26.1. The molecule has 2 saturated heterocycles. The van der Waals surface area contributed by atoms with Gasteiger partial charge in [-0.25, -0.2) is 0 Å². The van der Waals surface area contributed by atoms with Crippen LogP contribution >= 0.6 is 0 Å². The number of aliphatic hydroxyl groups excluding tert-OH is 4. The van der Waals surface area contributed by atoms with Gasteiger partial charge in [0.05, 0.1) is 42.9 Å². The summed E-state index contributed by atoms with van der Waals surface area (Å²) in [4.78, 5) is 28.1. The molecule has 44 heavy (non-hydrogen) atoms. The van der Waals surface area contributed by atoms with E-state index in [9.17, 15) is 35.1 Å². The van der Waals surface area contributed by atoms with Gasteiger partial charge in [-0.05, 0) is 64.0 Å². The van der Waals surface area contributed by atoms with Crippen LogP contribution in [0, 0.1) is 41.4 Å². The molecule has 0 aromatic heterocycles. The second kappa shape index (κ2) is 13.9. The van der Waals surface area contributed by atoms with Crippen molar-refractivity contribution in [2.75, 3.05) is 33.9 Å². The van der Waals surface area contributed by atoms with Crippen molar-refractivity contribution >= 4 is 11.6 Å². The first kappa shape index (κ1) is 34.2. The van der Waals surface area contributed by atoms with Gasteiger partial charge in [-0.2, -0.15) is 0 Å². The number of hydrogen-bond donors (Lipinski definition) is 8. The Kier molecular flexibility index (Phi) is 10.9. The Balaban J connectivity index is 1.34. The average molecular weight is 628 g/mol. The molecule has 13 nitrogen and oxygen atoms in total. The molecule has 0 aromatic rings. The van der Waals surface area contributed by atoms with Crippen molar-refractivity contribution in [2.24, 2.45) is 47.2 Å². The fraction of sp³-hybridized carbons (Fsp3) is 0.935. The van der Waals surface area contributed by atoms with Gasteiger partial charge in [0.15, 0.2) is 6.29 Å². The number of ether oxygens (including phenoxy) is 3. The minimum Gasteiger partial charge on any atom is -0.394 e. The average Bonchev–Trinajstić information content (AvgIpc) is 3.00. The first-order valence-corrected chi connectivity index (χ1v) is 16.4. The van der Waals surface area contributed by atoms with Gasteiger partial charge in [0.2, 0.25) is 0 Å². The molecule has 9 N–H and O–H groups in total. The normalized spacial score (nSPS) is 49.8. The topological polar surface area (TPSA) is 213 Å². The lowest BCUT2D eigenvalue weighted by Crippen LogP contribution is -2.68. The molecule has 0 radical (unpaired) electrons. The van der Waals surface area contributed by atoms with E-state index >= 15 is 0 Å². The molecule has 0 aromatic carbocycles. The molecule has 0 amide bonds. The molecule has 13 heteroatoms. The Morgan fingerprint density at radius 1 is 1.07 bits per heavy atom. The van der Waals surface area contributed by atoms with Crippen molar-refractivity contribution in [2.45, 2.75) is 107 Å². The highest BCUT2D eigenvalue weighted by molar-refractivity contribution is 6.00. The maximum Gasteiger partial charge on any atom is 0.187 e. The Labute approximate surface area is 259 Å². The smallest absolute Gasteiger partial charge is 0.187 e. The number of nitrogens with two attached hydrogens (primary N) is 1. The number of hydrogen-bond acceptors (Lipinski definition) is 13. The van der Waals surface area contributed by atoms with Crippen LogP contribution in [0.25, 0.3) is 0 Å². The summed E-state index contributed by atoms with van der Waals surface area (Å²) in [6, 6.07) is 0. The largest absolute Gasteiger partial charge is 0.394 e. The lowest BCUT2D eigenvalue weighted by Gasteiger charge is -2.53. The minimum absolute atomic E-state index is 0.0498. The molecular formula is C31H53N3O10. The molecule has 3 aliphatic carbocycles. The van der Waals surface area contributed by atoms with Crippen LogP contribution < -0.4 is 16.4 Å². The molecule has 0 bridgehead atoms. The van der Waals surface area contributed by atoms with Gasteiger partial charge in [0, 0.05) is 37.8 Å². The summed E-state index contributed by atoms with van der Waals surface area (Å²) in [6.07, 6.45) is -5.38. The molecule has 252 valence electrons. The van der Waals surface area contributed by atoms with Crippen LogP contribution in [0.2, 0.25) is 0 Å². The number of carbonyl (C=O) groups excluding carboxylic acids is 2. The Hall–Kier alpha value is -1.10. The zero-order valence-corrected chi connectivity index (χ0v) is 26.1. The van der Waals surface area contributed by atoms with E-state index in [-0.39, 0.29) is 48.3 Å². The lowest BCUT2D eigenvalue weighted by atomic mass is 9.53. The van der Waals surface area contributed by atoms with E-state index in [0.29, 0.717) is 32.2 Å². The van der Waals surface area contributed by atoms with E-state index in [4.69, 9.17) is 19.9 Å². The number of fused-ring (bicyclic) bond motifs is 2. The number of aliphatic hydroxyl groups is 5.